The third kappa shape index (κ3) is 8.24. The predicted octanol–water partition coefficient (Wildman–Crippen LogP) is 1.88. The van der Waals surface area contributed by atoms with E-state index in [9.17, 15) is 9.59 Å². The summed E-state index contributed by atoms with van der Waals surface area (Å²) in [6.07, 6.45) is 1.97. The Kier molecular flexibility index (Phi) is 7.13. The average molecular weight is 235 g/mol. The lowest BCUT2D eigenvalue weighted by molar-refractivity contribution is -0.119. The van der Waals surface area contributed by atoms with Crippen molar-refractivity contribution in [2.75, 3.05) is 6.54 Å². The minimum absolute atomic E-state index is 0.474. The molecule has 2 N–H and O–H groups in total. The van der Waals surface area contributed by atoms with Crippen LogP contribution in [0.15, 0.2) is 0 Å². The number of imide groups is 1. The number of rotatable bonds is 5. The van der Waals surface area contributed by atoms with Gasteiger partial charge in [-0.05, 0) is 25.7 Å². The predicted molar refractivity (Wildman–Crippen MR) is 60.9 cm³/mol. The van der Waals surface area contributed by atoms with E-state index in [0.717, 1.165) is 12.8 Å². The summed E-state index contributed by atoms with van der Waals surface area (Å²) in [7, 11) is 0. The third-order valence-electron chi connectivity index (χ3n) is 1.84. The Hall–Kier alpha value is -0.770. The van der Waals surface area contributed by atoms with Gasteiger partial charge in [0.05, 0.1) is 0 Å². The van der Waals surface area contributed by atoms with Crippen LogP contribution < -0.4 is 10.6 Å². The van der Waals surface area contributed by atoms with Gasteiger partial charge in [0.2, 0.25) is 5.91 Å². The molecule has 0 heterocycles. The summed E-state index contributed by atoms with van der Waals surface area (Å²) in [6, 6.07) is -0.476. The maximum absolute atomic E-state index is 11.1. The minimum atomic E-state index is -0.689. The molecule has 0 radical (unpaired) electrons. The second-order valence-electron chi connectivity index (χ2n) is 3.90. The van der Waals surface area contributed by atoms with Crippen molar-refractivity contribution in [3.05, 3.63) is 0 Å². The standard InChI is InChI=1S/C10H19ClN2O2/c1-7(2)5-4-6-12-10(15)13-9(14)8(3)11/h7-8H,4-6H2,1-3H3,(H2,12,13,14,15). The molecule has 0 aliphatic heterocycles. The van der Waals surface area contributed by atoms with Crippen molar-refractivity contribution < 1.29 is 9.59 Å². The van der Waals surface area contributed by atoms with Crippen LogP contribution in [0, 0.1) is 5.92 Å². The highest BCUT2D eigenvalue weighted by Gasteiger charge is 2.11. The van der Waals surface area contributed by atoms with Gasteiger partial charge in [-0.2, -0.15) is 0 Å². The van der Waals surface area contributed by atoms with Crippen LogP contribution in [-0.2, 0) is 4.79 Å². The molecule has 0 aliphatic rings. The maximum atomic E-state index is 11.1. The molecular formula is C10H19ClN2O2. The number of carbonyl (C=O) groups is 2. The van der Waals surface area contributed by atoms with Crippen LogP contribution in [0.2, 0.25) is 0 Å². The Morgan fingerprint density at radius 2 is 1.87 bits per heavy atom. The number of carbonyl (C=O) groups excluding carboxylic acids is 2. The molecule has 0 rings (SSSR count). The number of alkyl halides is 1. The highest BCUT2D eigenvalue weighted by atomic mass is 35.5. The monoisotopic (exact) mass is 234 g/mol. The molecule has 0 bridgehead atoms. The molecule has 0 aromatic heterocycles. The Morgan fingerprint density at radius 1 is 1.27 bits per heavy atom. The normalized spacial score (nSPS) is 12.3. The highest BCUT2D eigenvalue weighted by molar-refractivity contribution is 6.31. The van der Waals surface area contributed by atoms with Gasteiger partial charge in [0.1, 0.15) is 5.38 Å². The van der Waals surface area contributed by atoms with Gasteiger partial charge in [0.25, 0.3) is 0 Å². The summed E-state index contributed by atoms with van der Waals surface area (Å²) in [5, 5.41) is 4.05. The van der Waals surface area contributed by atoms with Gasteiger partial charge in [-0.15, -0.1) is 11.6 Å². The summed E-state index contributed by atoms with van der Waals surface area (Å²) in [5.74, 6) is 0.150. The van der Waals surface area contributed by atoms with Crippen LogP contribution in [-0.4, -0.2) is 23.9 Å². The number of nitrogens with one attached hydrogen (secondary N) is 2. The van der Waals surface area contributed by atoms with Crippen molar-refractivity contribution in [1.29, 1.82) is 0 Å². The number of halogens is 1. The smallest absolute Gasteiger partial charge is 0.321 e. The first kappa shape index (κ1) is 14.2. The van der Waals surface area contributed by atoms with Gasteiger partial charge >= 0.3 is 6.03 Å². The molecule has 0 fully saturated rings. The van der Waals surface area contributed by atoms with E-state index in [1.54, 1.807) is 0 Å². The quantitative estimate of drug-likeness (QED) is 0.564. The van der Waals surface area contributed by atoms with E-state index in [4.69, 9.17) is 11.6 Å². The fourth-order valence-corrected chi connectivity index (χ4v) is 1.02. The third-order valence-corrected chi connectivity index (χ3v) is 2.04. The molecule has 5 heteroatoms. The number of amides is 3. The summed E-state index contributed by atoms with van der Waals surface area (Å²) < 4.78 is 0. The first-order valence-electron chi connectivity index (χ1n) is 5.16. The summed E-state index contributed by atoms with van der Waals surface area (Å²) in [4.78, 5) is 22.1. The second-order valence-corrected chi connectivity index (χ2v) is 4.55. The summed E-state index contributed by atoms with van der Waals surface area (Å²) in [5.41, 5.74) is 0. The zero-order valence-electron chi connectivity index (χ0n) is 9.47. The molecule has 88 valence electrons. The fraction of sp³-hybridized carbons (Fsp3) is 0.800. The molecule has 3 amide bonds. The van der Waals surface area contributed by atoms with Crippen LogP contribution >= 0.6 is 11.6 Å². The van der Waals surface area contributed by atoms with Crippen molar-refractivity contribution >= 4 is 23.5 Å². The van der Waals surface area contributed by atoms with Crippen molar-refractivity contribution in [2.24, 2.45) is 5.92 Å². The SMILES string of the molecule is CC(C)CCCNC(=O)NC(=O)C(C)Cl. The molecule has 0 saturated heterocycles. The minimum Gasteiger partial charge on any atom is -0.338 e. The van der Waals surface area contributed by atoms with Crippen LogP contribution in [0.25, 0.3) is 0 Å². The molecular weight excluding hydrogens is 216 g/mol. The topological polar surface area (TPSA) is 58.2 Å². The van der Waals surface area contributed by atoms with E-state index in [-0.39, 0.29) is 0 Å². The lowest BCUT2D eigenvalue weighted by atomic mass is 10.1. The van der Waals surface area contributed by atoms with Crippen LogP contribution in [0.3, 0.4) is 0 Å². The van der Waals surface area contributed by atoms with Crippen molar-refractivity contribution in [3.8, 4) is 0 Å². The Labute approximate surface area is 95.7 Å². The molecule has 1 unspecified atom stereocenters. The lowest BCUT2D eigenvalue weighted by Crippen LogP contribution is -2.42. The Balaban J connectivity index is 3.54. The molecule has 4 nitrogen and oxygen atoms in total. The van der Waals surface area contributed by atoms with E-state index < -0.39 is 17.3 Å². The largest absolute Gasteiger partial charge is 0.338 e. The fourth-order valence-electron chi connectivity index (χ4n) is 0.968. The van der Waals surface area contributed by atoms with Gasteiger partial charge in [0, 0.05) is 6.54 Å². The van der Waals surface area contributed by atoms with E-state index in [2.05, 4.69) is 24.5 Å². The van der Waals surface area contributed by atoms with E-state index in [1.807, 2.05) is 0 Å². The highest BCUT2D eigenvalue weighted by Crippen LogP contribution is 2.01. The summed E-state index contributed by atoms with van der Waals surface area (Å²) >= 11 is 5.48. The Bertz CT molecular complexity index is 217. The van der Waals surface area contributed by atoms with Crippen LogP contribution in [0.4, 0.5) is 4.79 Å². The van der Waals surface area contributed by atoms with Crippen LogP contribution in [0.5, 0.6) is 0 Å². The van der Waals surface area contributed by atoms with E-state index >= 15 is 0 Å². The molecule has 1 atom stereocenters. The molecule has 0 saturated carbocycles. The van der Waals surface area contributed by atoms with Crippen molar-refractivity contribution in [2.45, 2.75) is 39.0 Å². The van der Waals surface area contributed by atoms with Gasteiger partial charge in [-0.25, -0.2) is 4.79 Å². The van der Waals surface area contributed by atoms with Crippen molar-refractivity contribution in [1.82, 2.24) is 10.6 Å². The zero-order chi connectivity index (χ0) is 11.8. The molecule has 15 heavy (non-hydrogen) atoms. The first-order valence-corrected chi connectivity index (χ1v) is 5.60. The average Bonchev–Trinajstić information content (AvgIpc) is 2.12. The first-order chi connectivity index (χ1) is 6.93. The number of urea groups is 1. The van der Waals surface area contributed by atoms with Crippen LogP contribution in [0.1, 0.15) is 33.6 Å². The summed E-state index contributed by atoms with van der Waals surface area (Å²) in [6.45, 7) is 6.34. The molecule has 0 aromatic rings. The van der Waals surface area contributed by atoms with Gasteiger partial charge < -0.3 is 5.32 Å². The zero-order valence-corrected chi connectivity index (χ0v) is 10.2. The van der Waals surface area contributed by atoms with Gasteiger partial charge in [-0.1, -0.05) is 13.8 Å². The van der Waals surface area contributed by atoms with Crippen molar-refractivity contribution in [3.63, 3.8) is 0 Å². The maximum Gasteiger partial charge on any atom is 0.321 e. The number of hydrogen-bond acceptors (Lipinski definition) is 2. The second kappa shape index (κ2) is 7.51. The number of hydrogen-bond donors (Lipinski definition) is 2. The van der Waals surface area contributed by atoms with Gasteiger partial charge in [-0.3, -0.25) is 10.1 Å². The molecule has 0 spiro atoms. The van der Waals surface area contributed by atoms with E-state index in [1.165, 1.54) is 6.92 Å². The Morgan fingerprint density at radius 3 is 2.33 bits per heavy atom. The molecule has 0 aromatic carbocycles. The molecule has 0 aliphatic carbocycles. The lowest BCUT2D eigenvalue weighted by Gasteiger charge is -2.08. The van der Waals surface area contributed by atoms with E-state index in [0.29, 0.717) is 12.5 Å². The van der Waals surface area contributed by atoms with Gasteiger partial charge in [0.15, 0.2) is 0 Å².